The Hall–Kier alpha value is -0.650. The average molecular weight is 216 g/mol. The van der Waals surface area contributed by atoms with Crippen molar-refractivity contribution in [2.45, 2.75) is 25.3 Å². The fourth-order valence-electron chi connectivity index (χ4n) is 1.63. The molecule has 0 saturated carbocycles. The Morgan fingerprint density at radius 2 is 2.07 bits per heavy atom. The van der Waals surface area contributed by atoms with Crippen LogP contribution in [0.25, 0.3) is 0 Å². The maximum Gasteiger partial charge on any atom is 0.303 e. The van der Waals surface area contributed by atoms with Crippen LogP contribution >= 0.6 is 0 Å². The molecule has 3 N–H and O–H groups in total. The number of aliphatic carboxylic acids is 1. The van der Waals surface area contributed by atoms with E-state index in [0.717, 1.165) is 39.3 Å². The van der Waals surface area contributed by atoms with E-state index < -0.39 is 5.97 Å². The number of carbonyl (C=O) groups is 1. The van der Waals surface area contributed by atoms with Crippen molar-refractivity contribution in [2.24, 2.45) is 5.73 Å². The molecule has 1 unspecified atom stereocenters. The molecule has 5 nitrogen and oxygen atoms in total. The standard InChI is InChI=1S/C10H20N2O3/c11-9(1-2-10(13)14)3-4-12-5-7-15-8-6-12/h9H,1-8,11H2,(H,13,14). The number of nitrogens with two attached hydrogens (primary N) is 1. The van der Waals surface area contributed by atoms with Crippen molar-refractivity contribution < 1.29 is 14.6 Å². The molecule has 0 aromatic carbocycles. The van der Waals surface area contributed by atoms with Crippen molar-refractivity contribution in [3.63, 3.8) is 0 Å². The molecule has 0 bridgehead atoms. The third-order valence-electron chi connectivity index (χ3n) is 2.65. The third kappa shape index (κ3) is 5.71. The van der Waals surface area contributed by atoms with E-state index in [0.29, 0.717) is 6.42 Å². The molecule has 0 spiro atoms. The summed E-state index contributed by atoms with van der Waals surface area (Å²) in [6.45, 7) is 4.47. The Kier molecular flexibility index (Phi) is 5.60. The van der Waals surface area contributed by atoms with Gasteiger partial charge in [-0.05, 0) is 19.4 Å². The van der Waals surface area contributed by atoms with Gasteiger partial charge in [0.15, 0.2) is 0 Å². The minimum absolute atomic E-state index is 0.00365. The predicted octanol–water partition coefficient (Wildman–Crippen LogP) is -0.0992. The van der Waals surface area contributed by atoms with E-state index in [4.69, 9.17) is 15.6 Å². The molecule has 1 aliphatic rings. The topological polar surface area (TPSA) is 75.8 Å². The summed E-state index contributed by atoms with van der Waals surface area (Å²) in [5.74, 6) is -0.767. The van der Waals surface area contributed by atoms with E-state index in [9.17, 15) is 4.79 Å². The lowest BCUT2D eigenvalue weighted by Gasteiger charge is -2.27. The van der Waals surface area contributed by atoms with Gasteiger partial charge in [0.05, 0.1) is 13.2 Å². The minimum atomic E-state index is -0.767. The fraction of sp³-hybridized carbons (Fsp3) is 0.900. The summed E-state index contributed by atoms with van der Waals surface area (Å²) in [6, 6.07) is 0.00365. The molecule has 1 heterocycles. The quantitative estimate of drug-likeness (QED) is 0.648. The number of hydrogen-bond donors (Lipinski definition) is 2. The van der Waals surface area contributed by atoms with Crippen LogP contribution in [0, 0.1) is 0 Å². The Morgan fingerprint density at radius 1 is 1.40 bits per heavy atom. The maximum absolute atomic E-state index is 10.3. The number of rotatable bonds is 6. The van der Waals surface area contributed by atoms with Crippen molar-refractivity contribution in [3.05, 3.63) is 0 Å². The smallest absolute Gasteiger partial charge is 0.303 e. The van der Waals surface area contributed by atoms with Crippen LogP contribution < -0.4 is 5.73 Å². The highest BCUT2D eigenvalue weighted by atomic mass is 16.5. The predicted molar refractivity (Wildman–Crippen MR) is 56.7 cm³/mol. The van der Waals surface area contributed by atoms with E-state index in [1.54, 1.807) is 0 Å². The van der Waals surface area contributed by atoms with E-state index in [1.165, 1.54) is 0 Å². The number of nitrogens with zero attached hydrogens (tertiary/aromatic N) is 1. The van der Waals surface area contributed by atoms with Crippen molar-refractivity contribution >= 4 is 5.97 Å². The molecule has 0 aromatic heterocycles. The van der Waals surface area contributed by atoms with Gasteiger partial charge >= 0.3 is 5.97 Å². The normalized spacial score (nSPS) is 20.1. The van der Waals surface area contributed by atoms with Gasteiger partial charge in [-0.2, -0.15) is 0 Å². The zero-order valence-corrected chi connectivity index (χ0v) is 9.02. The van der Waals surface area contributed by atoms with Gasteiger partial charge in [-0.15, -0.1) is 0 Å². The molecule has 88 valence electrons. The Balaban J connectivity index is 2.04. The highest BCUT2D eigenvalue weighted by Crippen LogP contribution is 2.03. The van der Waals surface area contributed by atoms with E-state index in [-0.39, 0.29) is 12.5 Å². The molecule has 5 heteroatoms. The van der Waals surface area contributed by atoms with Crippen molar-refractivity contribution in [1.82, 2.24) is 4.90 Å². The summed E-state index contributed by atoms with van der Waals surface area (Å²) in [5, 5.41) is 8.50. The van der Waals surface area contributed by atoms with Gasteiger partial charge in [0.25, 0.3) is 0 Å². The molecule has 0 amide bonds. The first kappa shape index (κ1) is 12.4. The monoisotopic (exact) mass is 216 g/mol. The van der Waals surface area contributed by atoms with Gasteiger partial charge in [-0.1, -0.05) is 0 Å². The average Bonchev–Trinajstić information content (AvgIpc) is 2.25. The number of hydrogen-bond acceptors (Lipinski definition) is 4. The first-order valence-electron chi connectivity index (χ1n) is 5.46. The molecule has 1 fully saturated rings. The first-order valence-corrected chi connectivity index (χ1v) is 5.46. The highest BCUT2D eigenvalue weighted by Gasteiger charge is 2.12. The number of carboxylic acid groups (broad SMARTS) is 1. The first-order chi connectivity index (χ1) is 7.18. The van der Waals surface area contributed by atoms with Crippen LogP contribution in [0.15, 0.2) is 0 Å². The lowest BCUT2D eigenvalue weighted by atomic mass is 10.1. The Labute approximate surface area is 90.2 Å². The lowest BCUT2D eigenvalue weighted by molar-refractivity contribution is -0.137. The number of carboxylic acids is 1. The second kappa shape index (κ2) is 6.76. The maximum atomic E-state index is 10.3. The molecule has 0 aromatic rings. The van der Waals surface area contributed by atoms with Crippen molar-refractivity contribution in [3.8, 4) is 0 Å². The molecule has 1 atom stereocenters. The minimum Gasteiger partial charge on any atom is -0.481 e. The summed E-state index contributed by atoms with van der Waals surface area (Å²) in [4.78, 5) is 12.6. The van der Waals surface area contributed by atoms with Gasteiger partial charge in [0, 0.05) is 25.6 Å². The third-order valence-corrected chi connectivity index (χ3v) is 2.65. The molecule has 0 aliphatic carbocycles. The van der Waals surface area contributed by atoms with Gasteiger partial charge in [0.1, 0.15) is 0 Å². The van der Waals surface area contributed by atoms with Crippen molar-refractivity contribution in [1.29, 1.82) is 0 Å². The second-order valence-corrected chi connectivity index (χ2v) is 3.94. The van der Waals surface area contributed by atoms with E-state index >= 15 is 0 Å². The molecular formula is C10H20N2O3. The molecular weight excluding hydrogens is 196 g/mol. The Bertz CT molecular complexity index is 193. The van der Waals surface area contributed by atoms with Crippen LogP contribution in [0.1, 0.15) is 19.3 Å². The zero-order valence-electron chi connectivity index (χ0n) is 9.02. The number of ether oxygens (including phenoxy) is 1. The lowest BCUT2D eigenvalue weighted by Crippen LogP contribution is -2.39. The van der Waals surface area contributed by atoms with Crippen LogP contribution in [0.5, 0.6) is 0 Å². The second-order valence-electron chi connectivity index (χ2n) is 3.94. The molecule has 1 rings (SSSR count). The summed E-state index contributed by atoms with van der Waals surface area (Å²) < 4.78 is 5.23. The zero-order chi connectivity index (χ0) is 11.1. The molecule has 1 saturated heterocycles. The van der Waals surface area contributed by atoms with Crippen LogP contribution in [0.2, 0.25) is 0 Å². The van der Waals surface area contributed by atoms with E-state index in [1.807, 2.05) is 0 Å². The summed E-state index contributed by atoms with van der Waals surface area (Å²) in [7, 11) is 0. The molecule has 0 radical (unpaired) electrons. The van der Waals surface area contributed by atoms with Crippen molar-refractivity contribution in [2.75, 3.05) is 32.8 Å². The van der Waals surface area contributed by atoms with Gasteiger partial charge in [-0.25, -0.2) is 0 Å². The Morgan fingerprint density at radius 3 is 2.67 bits per heavy atom. The number of morpholine rings is 1. The van der Waals surface area contributed by atoms with Gasteiger partial charge in [-0.3, -0.25) is 9.69 Å². The SMILES string of the molecule is NC(CCC(=O)O)CCN1CCOCC1. The van der Waals surface area contributed by atoms with Gasteiger partial charge in [0.2, 0.25) is 0 Å². The van der Waals surface area contributed by atoms with Crippen LogP contribution in [-0.2, 0) is 9.53 Å². The highest BCUT2D eigenvalue weighted by molar-refractivity contribution is 5.66. The van der Waals surface area contributed by atoms with Crippen LogP contribution in [0.3, 0.4) is 0 Å². The summed E-state index contributed by atoms with van der Waals surface area (Å²) in [5.41, 5.74) is 5.82. The fourth-order valence-corrected chi connectivity index (χ4v) is 1.63. The van der Waals surface area contributed by atoms with Crippen LogP contribution in [0.4, 0.5) is 0 Å². The molecule has 15 heavy (non-hydrogen) atoms. The van der Waals surface area contributed by atoms with Gasteiger partial charge < -0.3 is 15.6 Å². The van der Waals surface area contributed by atoms with E-state index in [2.05, 4.69) is 4.90 Å². The largest absolute Gasteiger partial charge is 0.481 e. The summed E-state index contributed by atoms with van der Waals surface area (Å²) in [6.07, 6.45) is 1.61. The summed E-state index contributed by atoms with van der Waals surface area (Å²) >= 11 is 0. The molecule has 1 aliphatic heterocycles. The van der Waals surface area contributed by atoms with Crippen LogP contribution in [-0.4, -0.2) is 54.9 Å².